The average Bonchev–Trinajstić information content (AvgIpc) is 2.74. The van der Waals surface area contributed by atoms with Crippen LogP contribution in [0, 0.1) is 0 Å². The van der Waals surface area contributed by atoms with Gasteiger partial charge in [0.2, 0.25) is 0 Å². The number of carboxylic acids is 1. The highest BCUT2D eigenvalue weighted by atomic mass is 32.2. The van der Waals surface area contributed by atoms with Crippen molar-refractivity contribution in [2.45, 2.75) is 43.9 Å². The second-order valence-corrected chi connectivity index (χ2v) is 7.62. The van der Waals surface area contributed by atoms with Crippen molar-refractivity contribution in [3.8, 4) is 0 Å². The molecule has 2 rings (SSSR count). The Morgan fingerprint density at radius 2 is 2.00 bits per heavy atom. The zero-order valence-corrected chi connectivity index (χ0v) is 12.4. The van der Waals surface area contributed by atoms with E-state index in [0.717, 1.165) is 31.7 Å². The minimum absolute atomic E-state index is 0.0943. The van der Waals surface area contributed by atoms with Crippen LogP contribution in [0.25, 0.3) is 0 Å². The van der Waals surface area contributed by atoms with Crippen molar-refractivity contribution in [2.75, 3.05) is 25.4 Å². The van der Waals surface area contributed by atoms with Crippen LogP contribution in [0.15, 0.2) is 0 Å². The van der Waals surface area contributed by atoms with Crippen molar-refractivity contribution in [3.05, 3.63) is 0 Å². The summed E-state index contributed by atoms with van der Waals surface area (Å²) in [7, 11) is 0. The van der Waals surface area contributed by atoms with E-state index in [1.54, 1.807) is 0 Å². The van der Waals surface area contributed by atoms with E-state index in [4.69, 9.17) is 5.11 Å². The van der Waals surface area contributed by atoms with Gasteiger partial charge in [-0.3, -0.25) is 0 Å². The van der Waals surface area contributed by atoms with E-state index >= 15 is 0 Å². The van der Waals surface area contributed by atoms with E-state index in [1.807, 2.05) is 16.7 Å². The Morgan fingerprint density at radius 3 is 2.68 bits per heavy atom. The number of urea groups is 1. The Balaban J connectivity index is 2.01. The fourth-order valence-electron chi connectivity index (χ4n) is 2.65. The topological polar surface area (TPSA) is 60.9 Å². The van der Waals surface area contributed by atoms with Gasteiger partial charge in [0.15, 0.2) is 0 Å². The van der Waals surface area contributed by atoms with Crippen molar-refractivity contribution in [1.82, 2.24) is 9.80 Å². The van der Waals surface area contributed by atoms with Crippen molar-refractivity contribution in [3.63, 3.8) is 0 Å². The summed E-state index contributed by atoms with van der Waals surface area (Å²) in [6.07, 6.45) is 2.32. The summed E-state index contributed by atoms with van der Waals surface area (Å²) in [5, 5.41) is 9.15. The number of rotatable bonds is 1. The van der Waals surface area contributed by atoms with Crippen molar-refractivity contribution in [1.29, 1.82) is 0 Å². The maximum absolute atomic E-state index is 12.5. The summed E-state index contributed by atoms with van der Waals surface area (Å²) >= 11 is 1.88. The highest BCUT2D eigenvalue weighted by Crippen LogP contribution is 2.31. The standard InChI is InChI=1S/C13H22N2O3S/c1-13(2)5-7-14(8-9-19-13)12(18)15-6-3-4-10(15)11(16)17/h10H,3-9H2,1-2H3,(H,16,17). The minimum atomic E-state index is -0.879. The lowest BCUT2D eigenvalue weighted by Gasteiger charge is -2.29. The molecule has 0 aromatic rings. The van der Waals surface area contributed by atoms with Crippen LogP contribution in [0.2, 0.25) is 0 Å². The third-order valence-electron chi connectivity index (χ3n) is 3.89. The maximum Gasteiger partial charge on any atom is 0.326 e. The first-order valence-corrected chi connectivity index (χ1v) is 7.81. The predicted octanol–water partition coefficient (Wildman–Crippen LogP) is 1.87. The van der Waals surface area contributed by atoms with Crippen LogP contribution >= 0.6 is 11.8 Å². The van der Waals surface area contributed by atoms with Gasteiger partial charge in [0.1, 0.15) is 6.04 Å². The van der Waals surface area contributed by atoms with Crippen molar-refractivity contribution in [2.24, 2.45) is 0 Å². The molecule has 6 heteroatoms. The fourth-order valence-corrected chi connectivity index (χ4v) is 3.75. The molecule has 19 heavy (non-hydrogen) atoms. The Labute approximate surface area is 118 Å². The molecule has 2 aliphatic rings. The van der Waals surface area contributed by atoms with Crippen LogP contribution in [-0.4, -0.2) is 63.1 Å². The van der Waals surface area contributed by atoms with Gasteiger partial charge in [-0.2, -0.15) is 11.8 Å². The number of carboxylic acid groups (broad SMARTS) is 1. The average molecular weight is 286 g/mol. The number of nitrogens with zero attached hydrogens (tertiary/aromatic N) is 2. The molecule has 0 aliphatic carbocycles. The van der Waals surface area contributed by atoms with E-state index in [9.17, 15) is 9.59 Å². The summed E-state index contributed by atoms with van der Waals surface area (Å²) in [5.74, 6) is 0.0417. The quantitative estimate of drug-likeness (QED) is 0.799. The second-order valence-electron chi connectivity index (χ2n) is 5.82. The molecule has 0 aromatic carbocycles. The number of likely N-dealkylation sites (tertiary alicyclic amines) is 1. The zero-order chi connectivity index (χ0) is 14.0. The van der Waals surface area contributed by atoms with Gasteiger partial charge in [-0.25, -0.2) is 9.59 Å². The Kier molecular flexibility index (Phi) is 4.28. The molecule has 1 N–H and O–H groups in total. The van der Waals surface area contributed by atoms with Gasteiger partial charge >= 0.3 is 12.0 Å². The van der Waals surface area contributed by atoms with E-state index < -0.39 is 12.0 Å². The van der Waals surface area contributed by atoms with Crippen molar-refractivity contribution >= 4 is 23.8 Å². The lowest BCUT2D eigenvalue weighted by atomic mass is 10.1. The zero-order valence-electron chi connectivity index (χ0n) is 11.6. The normalized spacial score (nSPS) is 27.2. The molecule has 0 saturated carbocycles. The van der Waals surface area contributed by atoms with E-state index in [2.05, 4.69) is 13.8 Å². The Bertz CT molecular complexity index is 373. The van der Waals surface area contributed by atoms with Crippen LogP contribution in [0.5, 0.6) is 0 Å². The molecule has 2 saturated heterocycles. The molecule has 0 aromatic heterocycles. The monoisotopic (exact) mass is 286 g/mol. The Morgan fingerprint density at radius 1 is 1.26 bits per heavy atom. The molecule has 2 aliphatic heterocycles. The lowest BCUT2D eigenvalue weighted by molar-refractivity contribution is -0.141. The number of aliphatic carboxylic acids is 1. The molecule has 0 bridgehead atoms. The molecule has 0 radical (unpaired) electrons. The molecule has 2 heterocycles. The van der Waals surface area contributed by atoms with Gasteiger partial charge in [-0.15, -0.1) is 0 Å². The number of carbonyl (C=O) groups excluding carboxylic acids is 1. The van der Waals surface area contributed by atoms with Crippen LogP contribution in [0.3, 0.4) is 0 Å². The Hall–Kier alpha value is -0.910. The largest absolute Gasteiger partial charge is 0.480 e. The van der Waals surface area contributed by atoms with Crippen molar-refractivity contribution < 1.29 is 14.7 Å². The number of hydrogen-bond acceptors (Lipinski definition) is 3. The number of carbonyl (C=O) groups is 2. The molecular formula is C13H22N2O3S. The molecular weight excluding hydrogens is 264 g/mol. The maximum atomic E-state index is 12.5. The van der Waals surface area contributed by atoms with Gasteiger partial charge in [-0.05, 0) is 19.3 Å². The van der Waals surface area contributed by atoms with Crippen LogP contribution in [-0.2, 0) is 4.79 Å². The second kappa shape index (κ2) is 5.61. The lowest BCUT2D eigenvalue weighted by Crippen LogP contribution is -2.48. The molecule has 5 nitrogen and oxygen atoms in total. The summed E-state index contributed by atoms with van der Waals surface area (Å²) in [5.41, 5.74) is 0. The summed E-state index contributed by atoms with van der Waals surface area (Å²) in [6.45, 7) is 6.41. The molecule has 0 spiro atoms. The fraction of sp³-hybridized carbons (Fsp3) is 0.846. The highest BCUT2D eigenvalue weighted by molar-refractivity contribution is 8.00. The van der Waals surface area contributed by atoms with Gasteiger partial charge in [-0.1, -0.05) is 13.8 Å². The van der Waals surface area contributed by atoms with Crippen LogP contribution in [0.4, 0.5) is 4.79 Å². The van der Waals surface area contributed by atoms with Crippen LogP contribution < -0.4 is 0 Å². The third kappa shape index (κ3) is 3.35. The highest BCUT2D eigenvalue weighted by Gasteiger charge is 2.37. The minimum Gasteiger partial charge on any atom is -0.480 e. The third-order valence-corrected chi connectivity index (χ3v) is 5.26. The summed E-state index contributed by atoms with van der Waals surface area (Å²) in [6, 6.07) is -0.723. The smallest absolute Gasteiger partial charge is 0.326 e. The molecule has 1 unspecified atom stereocenters. The first kappa shape index (κ1) is 14.5. The SMILES string of the molecule is CC1(C)CCN(C(=O)N2CCCC2C(=O)O)CCS1. The number of thioether (sulfide) groups is 1. The van der Waals surface area contributed by atoms with E-state index in [0.29, 0.717) is 13.0 Å². The van der Waals surface area contributed by atoms with Gasteiger partial charge < -0.3 is 14.9 Å². The van der Waals surface area contributed by atoms with E-state index in [1.165, 1.54) is 4.90 Å². The summed E-state index contributed by atoms with van der Waals surface area (Å²) < 4.78 is 0.201. The van der Waals surface area contributed by atoms with Crippen LogP contribution in [0.1, 0.15) is 33.1 Å². The first-order valence-electron chi connectivity index (χ1n) is 6.83. The van der Waals surface area contributed by atoms with E-state index in [-0.39, 0.29) is 10.8 Å². The van der Waals surface area contributed by atoms with Gasteiger partial charge in [0.25, 0.3) is 0 Å². The summed E-state index contributed by atoms with van der Waals surface area (Å²) in [4.78, 5) is 27.0. The number of hydrogen-bond donors (Lipinski definition) is 1. The van der Waals surface area contributed by atoms with Gasteiger partial charge in [0, 0.05) is 30.1 Å². The molecule has 1 atom stereocenters. The number of amides is 2. The molecule has 2 fully saturated rings. The molecule has 2 amide bonds. The predicted molar refractivity (Wildman–Crippen MR) is 75.5 cm³/mol. The molecule has 108 valence electrons. The first-order chi connectivity index (χ1) is 8.91. The van der Waals surface area contributed by atoms with Gasteiger partial charge in [0.05, 0.1) is 0 Å².